The van der Waals surface area contributed by atoms with Crippen LogP contribution in [0.25, 0.3) is 16.8 Å². The van der Waals surface area contributed by atoms with Crippen molar-refractivity contribution in [2.75, 3.05) is 10.7 Å². The molecule has 2 aliphatic rings. The van der Waals surface area contributed by atoms with Crippen LogP contribution in [-0.2, 0) is 0 Å². The zero-order chi connectivity index (χ0) is 21.4. The number of nitrogens with two attached hydrogens (primary N) is 2. The van der Waals surface area contributed by atoms with Gasteiger partial charge in [-0.05, 0) is 67.2 Å². The highest BCUT2D eigenvalue weighted by atomic mass is 35.5. The van der Waals surface area contributed by atoms with Crippen LogP contribution >= 0.6 is 11.6 Å². The molecule has 1 atom stereocenters. The van der Waals surface area contributed by atoms with Crippen molar-refractivity contribution >= 4 is 23.0 Å². The Morgan fingerprint density at radius 1 is 1.00 bits per heavy atom. The molecule has 0 spiro atoms. The number of hydrogen-bond donors (Lipinski definition) is 4. The molecule has 1 aliphatic heterocycles. The highest BCUT2D eigenvalue weighted by Crippen LogP contribution is 2.35. The molecule has 0 amide bonds. The second-order valence-corrected chi connectivity index (χ2v) is 8.98. The van der Waals surface area contributed by atoms with E-state index in [9.17, 15) is 0 Å². The molecule has 6 nitrogen and oxygen atoms in total. The molecule has 0 radical (unpaired) electrons. The van der Waals surface area contributed by atoms with Gasteiger partial charge in [0.1, 0.15) is 5.66 Å². The van der Waals surface area contributed by atoms with Crippen molar-refractivity contribution in [3.8, 4) is 11.1 Å². The van der Waals surface area contributed by atoms with Gasteiger partial charge in [0.15, 0.2) is 5.82 Å². The normalized spacial score (nSPS) is 25.3. The topological polar surface area (TPSA) is 93.9 Å². The van der Waals surface area contributed by atoms with Gasteiger partial charge in [-0.2, -0.15) is 0 Å². The fourth-order valence-corrected chi connectivity index (χ4v) is 4.71. The summed E-state index contributed by atoms with van der Waals surface area (Å²) >= 11 is 6.01. The molecule has 160 valence electrons. The Morgan fingerprint density at radius 2 is 1.65 bits per heavy atom. The molecule has 1 aliphatic carbocycles. The van der Waals surface area contributed by atoms with E-state index in [4.69, 9.17) is 23.1 Å². The van der Waals surface area contributed by atoms with Gasteiger partial charge >= 0.3 is 0 Å². The van der Waals surface area contributed by atoms with E-state index in [1.165, 1.54) is 0 Å². The highest BCUT2D eigenvalue weighted by molar-refractivity contribution is 6.30. The average molecular weight is 435 g/mol. The van der Waals surface area contributed by atoms with Gasteiger partial charge in [0.25, 0.3) is 0 Å². The SMILES string of the molecule is NC1CCC(C2(N)C=C(Nc3ccc(-c4ccc(Cl)cc4)cc3)c3nccn3N2)CC1. The number of imidazole rings is 1. The summed E-state index contributed by atoms with van der Waals surface area (Å²) in [7, 11) is 0. The molecule has 7 heteroatoms. The summed E-state index contributed by atoms with van der Waals surface area (Å²) in [4.78, 5) is 4.51. The zero-order valence-corrected chi connectivity index (χ0v) is 18.0. The fraction of sp³-hybridized carbons (Fsp3) is 0.292. The summed E-state index contributed by atoms with van der Waals surface area (Å²) < 4.78 is 1.92. The Morgan fingerprint density at radius 3 is 2.32 bits per heavy atom. The largest absolute Gasteiger partial charge is 0.353 e. The van der Waals surface area contributed by atoms with E-state index in [1.54, 1.807) is 6.20 Å². The van der Waals surface area contributed by atoms with Crippen LogP contribution in [0.1, 0.15) is 31.5 Å². The van der Waals surface area contributed by atoms with Gasteiger partial charge in [-0.15, -0.1) is 0 Å². The lowest BCUT2D eigenvalue weighted by Crippen LogP contribution is -2.58. The molecular formula is C24H27ClN6. The molecule has 2 heterocycles. The summed E-state index contributed by atoms with van der Waals surface area (Å²) in [5.41, 5.74) is 19.9. The predicted octanol–water partition coefficient (Wildman–Crippen LogP) is 4.39. The second kappa shape index (κ2) is 8.04. The van der Waals surface area contributed by atoms with E-state index < -0.39 is 5.66 Å². The van der Waals surface area contributed by atoms with E-state index in [0.29, 0.717) is 5.92 Å². The number of halogens is 1. The highest BCUT2D eigenvalue weighted by Gasteiger charge is 2.39. The van der Waals surface area contributed by atoms with E-state index in [2.05, 4.69) is 46.1 Å². The van der Waals surface area contributed by atoms with Gasteiger partial charge in [-0.1, -0.05) is 35.9 Å². The molecular weight excluding hydrogens is 408 g/mol. The van der Waals surface area contributed by atoms with Crippen LogP contribution in [0.3, 0.4) is 0 Å². The number of fused-ring (bicyclic) bond motifs is 1. The average Bonchev–Trinajstić information content (AvgIpc) is 3.24. The number of aromatic nitrogens is 2. The standard InChI is InChI=1S/C24H27ClN6/c25-19-7-1-16(2-8-19)17-3-11-21(12-4-17)29-22-15-24(27,18-5-9-20(26)10-6-18)30-31-14-13-28-23(22)31/h1-4,7-8,11-15,18,20,29-30H,5-6,9-10,26-27H2. The Balaban J connectivity index is 1.40. The van der Waals surface area contributed by atoms with Crippen molar-refractivity contribution in [1.29, 1.82) is 0 Å². The molecule has 5 rings (SSSR count). The number of rotatable bonds is 4. The Kier molecular flexibility index (Phi) is 5.22. The minimum atomic E-state index is -0.653. The molecule has 1 saturated carbocycles. The Bertz CT molecular complexity index is 1080. The van der Waals surface area contributed by atoms with E-state index >= 15 is 0 Å². The molecule has 2 aromatic carbocycles. The van der Waals surface area contributed by atoms with Crippen LogP contribution in [0.5, 0.6) is 0 Å². The monoisotopic (exact) mass is 434 g/mol. The van der Waals surface area contributed by atoms with Crippen molar-refractivity contribution in [2.45, 2.75) is 37.4 Å². The molecule has 31 heavy (non-hydrogen) atoms. The number of benzene rings is 2. The maximum Gasteiger partial charge on any atom is 0.174 e. The number of nitrogens with one attached hydrogen (secondary N) is 2. The first-order chi connectivity index (χ1) is 15.0. The fourth-order valence-electron chi connectivity index (χ4n) is 4.58. The molecule has 6 N–H and O–H groups in total. The maximum absolute atomic E-state index is 6.88. The van der Waals surface area contributed by atoms with Crippen molar-refractivity contribution < 1.29 is 0 Å². The van der Waals surface area contributed by atoms with Crippen molar-refractivity contribution in [1.82, 2.24) is 9.66 Å². The second-order valence-electron chi connectivity index (χ2n) is 8.54. The van der Waals surface area contributed by atoms with Gasteiger partial charge in [-0.25, -0.2) is 9.66 Å². The van der Waals surface area contributed by atoms with E-state index in [-0.39, 0.29) is 6.04 Å². The number of anilines is 1. The summed E-state index contributed by atoms with van der Waals surface area (Å²) in [6, 6.07) is 16.5. The lowest BCUT2D eigenvalue weighted by atomic mass is 9.78. The van der Waals surface area contributed by atoms with Gasteiger partial charge in [-0.3, -0.25) is 0 Å². The van der Waals surface area contributed by atoms with Crippen LogP contribution in [0.15, 0.2) is 67.0 Å². The Labute approximate surface area is 187 Å². The summed E-state index contributed by atoms with van der Waals surface area (Å²) in [6.07, 6.45) is 9.80. The lowest BCUT2D eigenvalue weighted by Gasteiger charge is -2.42. The minimum absolute atomic E-state index is 0.285. The third-order valence-corrected chi connectivity index (χ3v) is 6.62. The van der Waals surface area contributed by atoms with Crippen LogP contribution in [0, 0.1) is 5.92 Å². The summed E-state index contributed by atoms with van der Waals surface area (Å²) in [5.74, 6) is 1.13. The quantitative estimate of drug-likeness (QED) is 0.488. The number of nitrogens with zero attached hydrogens (tertiary/aromatic N) is 2. The number of hydrogen-bond acceptors (Lipinski definition) is 5. The third kappa shape index (κ3) is 4.06. The van der Waals surface area contributed by atoms with E-state index in [1.807, 2.05) is 35.1 Å². The van der Waals surface area contributed by atoms with Crippen LogP contribution < -0.4 is 22.2 Å². The first kappa shape index (κ1) is 20.1. The first-order valence-corrected chi connectivity index (χ1v) is 11.1. The van der Waals surface area contributed by atoms with Crippen LogP contribution in [0.2, 0.25) is 5.02 Å². The van der Waals surface area contributed by atoms with Crippen LogP contribution in [-0.4, -0.2) is 21.4 Å². The first-order valence-electron chi connectivity index (χ1n) is 10.7. The summed E-state index contributed by atoms with van der Waals surface area (Å²) in [5, 5.41) is 4.26. The third-order valence-electron chi connectivity index (χ3n) is 6.37. The zero-order valence-electron chi connectivity index (χ0n) is 17.3. The van der Waals surface area contributed by atoms with Gasteiger partial charge in [0.05, 0.1) is 5.70 Å². The van der Waals surface area contributed by atoms with Crippen molar-refractivity contribution in [2.24, 2.45) is 17.4 Å². The smallest absolute Gasteiger partial charge is 0.174 e. The molecule has 0 bridgehead atoms. The van der Waals surface area contributed by atoms with Gasteiger partial charge in [0, 0.05) is 35.1 Å². The predicted molar refractivity (Wildman–Crippen MR) is 127 cm³/mol. The molecule has 1 fully saturated rings. The maximum atomic E-state index is 6.88. The van der Waals surface area contributed by atoms with Crippen LogP contribution in [0.4, 0.5) is 5.69 Å². The Hall–Kier alpha value is -2.80. The van der Waals surface area contributed by atoms with Gasteiger partial charge in [0.2, 0.25) is 0 Å². The lowest BCUT2D eigenvalue weighted by molar-refractivity contribution is 0.239. The summed E-state index contributed by atoms with van der Waals surface area (Å²) in [6.45, 7) is 0. The van der Waals surface area contributed by atoms with Crippen molar-refractivity contribution in [3.05, 3.63) is 77.8 Å². The molecule has 3 aromatic rings. The minimum Gasteiger partial charge on any atom is -0.353 e. The molecule has 1 aromatic heterocycles. The van der Waals surface area contributed by atoms with Crippen molar-refractivity contribution in [3.63, 3.8) is 0 Å². The van der Waals surface area contributed by atoms with Gasteiger partial charge < -0.3 is 22.2 Å². The van der Waals surface area contributed by atoms with E-state index in [0.717, 1.165) is 59.0 Å². The molecule has 1 unspecified atom stereocenters. The molecule has 0 saturated heterocycles.